The van der Waals surface area contributed by atoms with E-state index in [1.807, 2.05) is 22.6 Å². The minimum atomic E-state index is -3.75. The molecule has 1 aromatic heterocycles. The lowest BCUT2D eigenvalue weighted by Gasteiger charge is -2.08. The van der Waals surface area contributed by atoms with Crippen LogP contribution in [0, 0.1) is 3.57 Å². The van der Waals surface area contributed by atoms with Crippen molar-refractivity contribution in [1.29, 1.82) is 0 Å². The third kappa shape index (κ3) is 3.52. The molecule has 0 unspecified atom stereocenters. The van der Waals surface area contributed by atoms with Crippen molar-refractivity contribution in [3.05, 3.63) is 51.9 Å². The van der Waals surface area contributed by atoms with Crippen LogP contribution in [0.3, 0.4) is 0 Å². The molecule has 1 amide bonds. The van der Waals surface area contributed by atoms with Gasteiger partial charge in [0.25, 0.3) is 5.91 Å². The molecule has 0 fully saturated rings. The minimum Gasteiger partial charge on any atom is -0.321 e. The molecule has 0 saturated heterocycles. The highest BCUT2D eigenvalue weighted by Gasteiger charge is 2.12. The fourth-order valence-electron chi connectivity index (χ4n) is 1.47. The molecule has 8 heteroatoms. The zero-order chi connectivity index (χ0) is 14.8. The van der Waals surface area contributed by atoms with Crippen LogP contribution in [0.1, 0.15) is 10.4 Å². The number of hydrogen-bond donors (Lipinski definition) is 2. The van der Waals surface area contributed by atoms with Gasteiger partial charge in [0.1, 0.15) is 0 Å². The highest BCUT2D eigenvalue weighted by molar-refractivity contribution is 14.1. The number of nitrogens with one attached hydrogen (secondary N) is 1. The van der Waals surface area contributed by atoms with Crippen molar-refractivity contribution < 1.29 is 13.2 Å². The topological polar surface area (TPSA) is 102 Å². The van der Waals surface area contributed by atoms with E-state index in [0.717, 1.165) is 0 Å². The number of anilines is 1. The van der Waals surface area contributed by atoms with Gasteiger partial charge in [-0.3, -0.25) is 9.78 Å². The Bertz CT molecular complexity index is 748. The predicted octanol–water partition coefficient (Wildman–Crippen LogP) is 1.59. The molecule has 0 atom stereocenters. The number of rotatable bonds is 3. The van der Waals surface area contributed by atoms with Gasteiger partial charge >= 0.3 is 0 Å². The molecule has 0 saturated carbocycles. The van der Waals surface area contributed by atoms with Crippen molar-refractivity contribution in [2.45, 2.75) is 4.90 Å². The van der Waals surface area contributed by atoms with E-state index in [1.54, 1.807) is 12.1 Å². The number of aromatic nitrogens is 1. The number of hydrogen-bond acceptors (Lipinski definition) is 4. The standard InChI is InChI=1S/C12H10IN3O3S/c13-10-7-9(20(14,18)19)1-2-11(10)16-12(17)8-3-5-15-6-4-8/h1-7H,(H,16,17)(H2,14,18,19). The van der Waals surface area contributed by atoms with E-state index >= 15 is 0 Å². The monoisotopic (exact) mass is 403 g/mol. The van der Waals surface area contributed by atoms with Crippen molar-refractivity contribution in [2.75, 3.05) is 5.32 Å². The first-order valence-electron chi connectivity index (χ1n) is 5.41. The Morgan fingerprint density at radius 3 is 2.40 bits per heavy atom. The number of benzene rings is 1. The maximum atomic E-state index is 12.0. The predicted molar refractivity (Wildman–Crippen MR) is 82.7 cm³/mol. The van der Waals surface area contributed by atoms with Crippen molar-refractivity contribution in [2.24, 2.45) is 5.14 Å². The average molecular weight is 403 g/mol. The van der Waals surface area contributed by atoms with Crippen LogP contribution in [0.2, 0.25) is 0 Å². The Labute approximate surface area is 129 Å². The molecular weight excluding hydrogens is 393 g/mol. The lowest BCUT2D eigenvalue weighted by atomic mass is 10.2. The summed E-state index contributed by atoms with van der Waals surface area (Å²) in [6.07, 6.45) is 3.04. The van der Waals surface area contributed by atoms with E-state index in [4.69, 9.17) is 5.14 Å². The first kappa shape index (κ1) is 14.9. The Morgan fingerprint density at radius 2 is 1.85 bits per heavy atom. The van der Waals surface area contributed by atoms with Gasteiger partial charge in [-0.05, 0) is 52.9 Å². The van der Waals surface area contributed by atoms with Crippen molar-refractivity contribution in [3.8, 4) is 0 Å². The molecule has 1 aromatic carbocycles. The van der Waals surface area contributed by atoms with Crippen LogP contribution in [0.15, 0.2) is 47.6 Å². The summed E-state index contributed by atoms with van der Waals surface area (Å²) in [5.74, 6) is -0.298. The largest absolute Gasteiger partial charge is 0.321 e. The maximum Gasteiger partial charge on any atom is 0.255 e. The van der Waals surface area contributed by atoms with E-state index < -0.39 is 10.0 Å². The van der Waals surface area contributed by atoms with E-state index in [2.05, 4.69) is 10.3 Å². The molecule has 2 aromatic rings. The van der Waals surface area contributed by atoms with Gasteiger partial charge in [0.05, 0.1) is 10.6 Å². The molecule has 0 aliphatic carbocycles. The fraction of sp³-hybridized carbons (Fsp3) is 0. The summed E-state index contributed by atoms with van der Waals surface area (Å²) in [6.45, 7) is 0. The van der Waals surface area contributed by atoms with Gasteiger partial charge in [-0.1, -0.05) is 0 Å². The van der Waals surface area contributed by atoms with Gasteiger partial charge in [-0.15, -0.1) is 0 Å². The number of halogens is 1. The summed E-state index contributed by atoms with van der Waals surface area (Å²) in [5.41, 5.74) is 0.978. The number of amides is 1. The van der Waals surface area contributed by atoms with Crippen molar-refractivity contribution >= 4 is 44.2 Å². The SMILES string of the molecule is NS(=O)(=O)c1ccc(NC(=O)c2ccncc2)c(I)c1. The van der Waals surface area contributed by atoms with Crippen LogP contribution in [0.5, 0.6) is 0 Å². The minimum absolute atomic E-state index is 0.00353. The summed E-state index contributed by atoms with van der Waals surface area (Å²) in [4.78, 5) is 15.8. The molecule has 0 bridgehead atoms. The molecule has 104 valence electrons. The number of nitrogens with zero attached hydrogens (tertiary/aromatic N) is 1. The van der Waals surface area contributed by atoms with E-state index in [1.165, 1.54) is 30.6 Å². The second-order valence-corrected chi connectivity index (χ2v) is 6.60. The first-order chi connectivity index (χ1) is 9.38. The third-order valence-electron chi connectivity index (χ3n) is 2.46. The summed E-state index contributed by atoms with van der Waals surface area (Å²) in [7, 11) is -3.75. The second-order valence-electron chi connectivity index (χ2n) is 3.88. The van der Waals surface area contributed by atoms with Gasteiger partial charge in [-0.25, -0.2) is 13.6 Å². The summed E-state index contributed by atoms with van der Waals surface area (Å²) in [5, 5.41) is 7.74. The smallest absolute Gasteiger partial charge is 0.255 e. The molecule has 0 spiro atoms. The van der Waals surface area contributed by atoms with Crippen LogP contribution < -0.4 is 10.5 Å². The Balaban J connectivity index is 2.25. The number of carbonyl (C=O) groups excluding carboxylic acids is 1. The number of nitrogens with two attached hydrogens (primary N) is 1. The van der Waals surface area contributed by atoms with Gasteiger partial charge in [0.15, 0.2) is 0 Å². The Morgan fingerprint density at radius 1 is 1.20 bits per heavy atom. The zero-order valence-electron chi connectivity index (χ0n) is 10.1. The molecule has 0 aliphatic rings. The maximum absolute atomic E-state index is 12.0. The number of carbonyl (C=O) groups is 1. The third-order valence-corrected chi connectivity index (χ3v) is 4.26. The first-order valence-corrected chi connectivity index (χ1v) is 8.04. The molecular formula is C12H10IN3O3S. The molecule has 2 rings (SSSR count). The molecule has 0 radical (unpaired) electrons. The second kappa shape index (κ2) is 5.85. The highest BCUT2D eigenvalue weighted by atomic mass is 127. The van der Waals surface area contributed by atoms with Crippen LogP contribution in [-0.2, 0) is 10.0 Å². The summed E-state index contributed by atoms with van der Waals surface area (Å²) >= 11 is 1.93. The van der Waals surface area contributed by atoms with Crippen LogP contribution in [-0.4, -0.2) is 19.3 Å². The average Bonchev–Trinajstić information content (AvgIpc) is 2.41. The van der Waals surface area contributed by atoms with Gasteiger partial charge in [-0.2, -0.15) is 0 Å². The lowest BCUT2D eigenvalue weighted by Crippen LogP contribution is -2.15. The molecule has 20 heavy (non-hydrogen) atoms. The quantitative estimate of drug-likeness (QED) is 0.760. The van der Waals surface area contributed by atoms with Crippen LogP contribution in [0.25, 0.3) is 0 Å². The van der Waals surface area contributed by atoms with Crippen molar-refractivity contribution in [3.63, 3.8) is 0 Å². The normalized spacial score (nSPS) is 11.1. The van der Waals surface area contributed by atoms with Crippen molar-refractivity contribution in [1.82, 2.24) is 4.98 Å². The summed E-state index contributed by atoms with van der Waals surface area (Å²) < 4.78 is 23.0. The number of primary sulfonamides is 1. The molecule has 3 N–H and O–H groups in total. The number of pyridine rings is 1. The summed E-state index contributed by atoms with van der Waals surface area (Å²) in [6, 6.07) is 7.42. The van der Waals surface area contributed by atoms with Gasteiger partial charge < -0.3 is 5.32 Å². The number of sulfonamides is 1. The van der Waals surface area contributed by atoms with Crippen LogP contribution in [0.4, 0.5) is 5.69 Å². The fourth-order valence-corrected chi connectivity index (χ4v) is 2.87. The Kier molecular flexibility index (Phi) is 4.35. The molecule has 1 heterocycles. The van der Waals surface area contributed by atoms with Gasteiger partial charge in [0.2, 0.25) is 10.0 Å². The zero-order valence-corrected chi connectivity index (χ0v) is 13.1. The molecule has 0 aliphatic heterocycles. The van der Waals surface area contributed by atoms with Crippen LogP contribution >= 0.6 is 22.6 Å². The van der Waals surface area contributed by atoms with E-state index in [9.17, 15) is 13.2 Å². The van der Waals surface area contributed by atoms with Gasteiger partial charge in [0, 0.05) is 21.5 Å². The van der Waals surface area contributed by atoms with E-state index in [-0.39, 0.29) is 10.8 Å². The lowest BCUT2D eigenvalue weighted by molar-refractivity contribution is 0.102. The highest BCUT2D eigenvalue weighted by Crippen LogP contribution is 2.22. The van der Waals surface area contributed by atoms with E-state index in [0.29, 0.717) is 14.8 Å². The Hall–Kier alpha value is -1.52. The molecule has 6 nitrogen and oxygen atoms in total.